The summed E-state index contributed by atoms with van der Waals surface area (Å²) in [7, 11) is 0. The number of carbonyl (C=O) groups is 1. The normalized spacial score (nSPS) is 11.8. The van der Waals surface area contributed by atoms with Crippen molar-refractivity contribution in [3.05, 3.63) is 52.5 Å². The zero-order chi connectivity index (χ0) is 15.4. The molecule has 0 aliphatic carbocycles. The molecule has 5 heteroatoms. The molecule has 21 heavy (non-hydrogen) atoms. The molecule has 0 aromatic heterocycles. The predicted molar refractivity (Wildman–Crippen MR) is 85.6 cm³/mol. The Morgan fingerprint density at radius 2 is 2.00 bits per heavy atom. The molecule has 1 amide bonds. The average molecular weight is 350 g/mol. The molecule has 2 aromatic rings. The molecular formula is C16H16BrNO3. The number of aliphatic hydroxyl groups excluding tert-OH is 1. The summed E-state index contributed by atoms with van der Waals surface area (Å²) in [5, 5.41) is 12.3. The van der Waals surface area contributed by atoms with E-state index in [9.17, 15) is 9.90 Å². The predicted octanol–water partition coefficient (Wildman–Crippen LogP) is 4.25. The van der Waals surface area contributed by atoms with Gasteiger partial charge in [-0.1, -0.05) is 34.1 Å². The molecule has 110 valence electrons. The molecule has 0 spiro atoms. The van der Waals surface area contributed by atoms with Crippen molar-refractivity contribution < 1.29 is 14.6 Å². The zero-order valence-corrected chi connectivity index (χ0v) is 13.3. The Balaban J connectivity index is 2.26. The van der Waals surface area contributed by atoms with E-state index in [0.29, 0.717) is 17.2 Å². The highest BCUT2D eigenvalue weighted by Gasteiger charge is 2.09. The average Bonchev–Trinajstić information content (AvgIpc) is 2.40. The number of hydrogen-bond acceptors (Lipinski definition) is 3. The van der Waals surface area contributed by atoms with Crippen LogP contribution in [0.2, 0.25) is 0 Å². The van der Waals surface area contributed by atoms with E-state index in [2.05, 4.69) is 21.2 Å². The number of benzene rings is 2. The monoisotopic (exact) mass is 349 g/mol. The van der Waals surface area contributed by atoms with E-state index in [-0.39, 0.29) is 5.91 Å². The number of amides is 1. The van der Waals surface area contributed by atoms with Gasteiger partial charge in [-0.2, -0.15) is 0 Å². The molecule has 0 bridgehead atoms. The Morgan fingerprint density at radius 3 is 2.62 bits per heavy atom. The molecule has 0 heterocycles. The van der Waals surface area contributed by atoms with Crippen LogP contribution in [0.3, 0.4) is 0 Å². The van der Waals surface area contributed by atoms with Gasteiger partial charge in [0.1, 0.15) is 5.75 Å². The number of halogens is 1. The first kappa shape index (κ1) is 15.5. The molecule has 2 aromatic carbocycles. The largest absolute Gasteiger partial charge is 0.455 e. The maximum atomic E-state index is 11.2. The van der Waals surface area contributed by atoms with E-state index in [0.717, 1.165) is 10.0 Å². The third-order valence-corrected chi connectivity index (χ3v) is 3.53. The van der Waals surface area contributed by atoms with Crippen LogP contribution in [0, 0.1) is 0 Å². The quantitative estimate of drug-likeness (QED) is 0.867. The van der Waals surface area contributed by atoms with Gasteiger partial charge in [0.2, 0.25) is 5.91 Å². The lowest BCUT2D eigenvalue weighted by atomic mass is 10.1. The molecule has 1 atom stereocenters. The minimum atomic E-state index is -0.555. The van der Waals surface area contributed by atoms with Gasteiger partial charge in [-0.05, 0) is 36.8 Å². The molecule has 0 unspecified atom stereocenters. The number of aliphatic hydroxyl groups is 1. The number of anilines is 1. The van der Waals surface area contributed by atoms with E-state index >= 15 is 0 Å². The van der Waals surface area contributed by atoms with Crippen molar-refractivity contribution in [1.82, 2.24) is 0 Å². The van der Waals surface area contributed by atoms with Crippen LogP contribution in [0.25, 0.3) is 0 Å². The summed E-state index contributed by atoms with van der Waals surface area (Å²) < 4.78 is 6.57. The van der Waals surface area contributed by atoms with E-state index in [1.165, 1.54) is 6.92 Å². The van der Waals surface area contributed by atoms with Crippen LogP contribution < -0.4 is 10.1 Å². The Morgan fingerprint density at radius 1 is 1.29 bits per heavy atom. The van der Waals surface area contributed by atoms with Gasteiger partial charge in [-0.25, -0.2) is 0 Å². The fourth-order valence-corrected chi connectivity index (χ4v) is 2.57. The van der Waals surface area contributed by atoms with Crippen LogP contribution in [0.15, 0.2) is 46.9 Å². The Kier molecular flexibility index (Phi) is 4.98. The first-order valence-corrected chi connectivity index (χ1v) is 7.28. The second-order valence-electron chi connectivity index (χ2n) is 4.64. The number of rotatable bonds is 4. The van der Waals surface area contributed by atoms with Gasteiger partial charge in [0, 0.05) is 11.4 Å². The number of para-hydroxylation sites is 2. The molecular weight excluding hydrogens is 334 g/mol. The van der Waals surface area contributed by atoms with Crippen molar-refractivity contribution in [1.29, 1.82) is 0 Å². The molecule has 0 radical (unpaired) electrons. The highest BCUT2D eigenvalue weighted by Crippen LogP contribution is 2.33. The van der Waals surface area contributed by atoms with Crippen LogP contribution in [0.5, 0.6) is 11.5 Å². The van der Waals surface area contributed by atoms with Crippen LogP contribution in [0.1, 0.15) is 25.5 Å². The van der Waals surface area contributed by atoms with Gasteiger partial charge in [-0.3, -0.25) is 4.79 Å². The SMILES string of the molecule is CC(=O)Nc1ccccc1Oc1ccc([C@H](C)O)c(Br)c1. The molecule has 0 saturated carbocycles. The minimum Gasteiger partial charge on any atom is -0.455 e. The second-order valence-corrected chi connectivity index (χ2v) is 5.49. The molecule has 4 nitrogen and oxygen atoms in total. The highest BCUT2D eigenvalue weighted by molar-refractivity contribution is 9.10. The van der Waals surface area contributed by atoms with Gasteiger partial charge < -0.3 is 15.2 Å². The van der Waals surface area contributed by atoms with E-state index in [1.54, 1.807) is 37.3 Å². The first-order chi connectivity index (χ1) is 9.97. The van der Waals surface area contributed by atoms with Gasteiger partial charge in [0.05, 0.1) is 11.8 Å². The summed E-state index contributed by atoms with van der Waals surface area (Å²) in [5.41, 5.74) is 1.40. The summed E-state index contributed by atoms with van der Waals surface area (Å²) in [6.07, 6.45) is -0.555. The maximum Gasteiger partial charge on any atom is 0.221 e. The fourth-order valence-electron chi connectivity index (χ4n) is 1.89. The third-order valence-electron chi connectivity index (χ3n) is 2.85. The standard InChI is InChI=1S/C16H16BrNO3/c1-10(19)13-8-7-12(9-14(13)17)21-16-6-4-3-5-15(16)18-11(2)20/h3-10,19H,1-2H3,(H,18,20)/t10-/m0/s1. The molecule has 2 rings (SSSR count). The molecule has 0 fully saturated rings. The molecule has 0 aliphatic rings. The summed E-state index contributed by atoms with van der Waals surface area (Å²) in [4.78, 5) is 11.2. The van der Waals surface area contributed by atoms with Crippen molar-refractivity contribution in [2.45, 2.75) is 20.0 Å². The Labute approximate surface area is 131 Å². The lowest BCUT2D eigenvalue weighted by Gasteiger charge is -2.13. The van der Waals surface area contributed by atoms with Crippen LogP contribution in [-0.2, 0) is 4.79 Å². The van der Waals surface area contributed by atoms with Gasteiger partial charge >= 0.3 is 0 Å². The molecule has 2 N–H and O–H groups in total. The fraction of sp³-hybridized carbons (Fsp3) is 0.188. The first-order valence-electron chi connectivity index (χ1n) is 6.49. The van der Waals surface area contributed by atoms with Crippen molar-refractivity contribution >= 4 is 27.5 Å². The second kappa shape index (κ2) is 6.74. The van der Waals surface area contributed by atoms with Gasteiger partial charge in [0.15, 0.2) is 5.75 Å². The van der Waals surface area contributed by atoms with Crippen molar-refractivity contribution in [2.75, 3.05) is 5.32 Å². The molecule has 0 aliphatic heterocycles. The van der Waals surface area contributed by atoms with Gasteiger partial charge in [-0.15, -0.1) is 0 Å². The van der Waals surface area contributed by atoms with E-state index in [4.69, 9.17) is 4.74 Å². The maximum absolute atomic E-state index is 11.2. The van der Waals surface area contributed by atoms with Crippen LogP contribution in [-0.4, -0.2) is 11.0 Å². The summed E-state index contributed by atoms with van der Waals surface area (Å²) in [5.74, 6) is 1.02. The number of nitrogens with one attached hydrogen (secondary N) is 1. The lowest BCUT2D eigenvalue weighted by molar-refractivity contribution is -0.114. The smallest absolute Gasteiger partial charge is 0.221 e. The Hall–Kier alpha value is -1.85. The Bertz CT molecular complexity index is 656. The topological polar surface area (TPSA) is 58.6 Å². The summed E-state index contributed by atoms with van der Waals surface area (Å²) in [6, 6.07) is 12.6. The van der Waals surface area contributed by atoms with Gasteiger partial charge in [0.25, 0.3) is 0 Å². The van der Waals surface area contributed by atoms with E-state index < -0.39 is 6.10 Å². The third kappa shape index (κ3) is 4.06. The summed E-state index contributed by atoms with van der Waals surface area (Å²) in [6.45, 7) is 3.15. The molecule has 0 saturated heterocycles. The number of hydrogen-bond donors (Lipinski definition) is 2. The zero-order valence-electron chi connectivity index (χ0n) is 11.8. The number of ether oxygens (including phenoxy) is 1. The van der Waals surface area contributed by atoms with Crippen LogP contribution in [0.4, 0.5) is 5.69 Å². The number of carbonyl (C=O) groups excluding carboxylic acids is 1. The minimum absolute atomic E-state index is 0.156. The lowest BCUT2D eigenvalue weighted by Crippen LogP contribution is -2.06. The highest BCUT2D eigenvalue weighted by atomic mass is 79.9. The van der Waals surface area contributed by atoms with Crippen molar-refractivity contribution in [3.8, 4) is 11.5 Å². The van der Waals surface area contributed by atoms with Crippen molar-refractivity contribution in [2.24, 2.45) is 0 Å². The summed E-state index contributed by atoms with van der Waals surface area (Å²) >= 11 is 3.41. The van der Waals surface area contributed by atoms with E-state index in [1.807, 2.05) is 12.1 Å². The van der Waals surface area contributed by atoms with Crippen molar-refractivity contribution in [3.63, 3.8) is 0 Å². The van der Waals surface area contributed by atoms with Crippen LogP contribution >= 0.6 is 15.9 Å².